The minimum atomic E-state index is -3.82. The number of allylic oxidation sites excluding steroid dienone is 1. The molecule has 5 nitrogen and oxygen atoms in total. The van der Waals surface area contributed by atoms with Gasteiger partial charge in [0.2, 0.25) is 0 Å². The molecule has 7 heteroatoms. The Bertz CT molecular complexity index is 1210. The summed E-state index contributed by atoms with van der Waals surface area (Å²) in [4.78, 5) is 6.67. The molecule has 0 N–H and O–H groups in total. The van der Waals surface area contributed by atoms with Crippen LogP contribution >= 0.6 is 0 Å². The molecular formula is C22H20FN3O2S. The van der Waals surface area contributed by atoms with Crippen molar-refractivity contribution in [3.05, 3.63) is 82.8 Å². The van der Waals surface area contributed by atoms with E-state index in [1.165, 1.54) is 10.4 Å². The molecule has 5 rings (SSSR count). The second-order valence-electron chi connectivity index (χ2n) is 7.60. The molecule has 0 saturated carbocycles. The number of hydrogen-bond acceptors (Lipinski definition) is 4. The molecule has 0 fully saturated rings. The van der Waals surface area contributed by atoms with Crippen LogP contribution in [0.1, 0.15) is 23.2 Å². The Morgan fingerprint density at radius 3 is 2.69 bits per heavy atom. The molecule has 1 unspecified atom stereocenters. The summed E-state index contributed by atoms with van der Waals surface area (Å²) in [5.74, 6) is -0.407. The molecule has 0 saturated heterocycles. The van der Waals surface area contributed by atoms with Crippen molar-refractivity contribution in [2.45, 2.75) is 24.3 Å². The SMILES string of the molecule is Cc1ccc(S(=O)(=O)N2CCC3C4=C2c2ncccc2C(F)=CC4=CN3C)cc1. The molecule has 3 aliphatic rings. The van der Waals surface area contributed by atoms with Crippen molar-refractivity contribution in [3.8, 4) is 0 Å². The van der Waals surface area contributed by atoms with Gasteiger partial charge in [0.05, 0.1) is 22.3 Å². The first-order chi connectivity index (χ1) is 13.9. The summed E-state index contributed by atoms with van der Waals surface area (Å²) in [5.41, 5.74) is 3.68. The van der Waals surface area contributed by atoms with E-state index in [0.717, 1.165) is 11.1 Å². The van der Waals surface area contributed by atoms with E-state index >= 15 is 4.39 Å². The molecule has 0 bridgehead atoms. The van der Waals surface area contributed by atoms with Gasteiger partial charge in [0, 0.05) is 42.7 Å². The van der Waals surface area contributed by atoms with Crippen LogP contribution in [0.4, 0.5) is 4.39 Å². The van der Waals surface area contributed by atoms with Gasteiger partial charge >= 0.3 is 0 Å². The summed E-state index contributed by atoms with van der Waals surface area (Å²) in [6.07, 6.45) is 5.57. The van der Waals surface area contributed by atoms with Gasteiger partial charge in [0.1, 0.15) is 5.83 Å². The summed E-state index contributed by atoms with van der Waals surface area (Å²) in [6, 6.07) is 10.1. The third-order valence-electron chi connectivity index (χ3n) is 5.77. The molecular weight excluding hydrogens is 389 g/mol. The minimum Gasteiger partial charge on any atom is -0.373 e. The number of likely N-dealkylation sites (N-methyl/N-ethyl adjacent to an activating group) is 1. The molecule has 0 radical (unpaired) electrons. The summed E-state index contributed by atoms with van der Waals surface area (Å²) in [7, 11) is -1.88. The molecule has 0 spiro atoms. The topological polar surface area (TPSA) is 53.5 Å². The van der Waals surface area contributed by atoms with Crippen molar-refractivity contribution >= 4 is 21.5 Å². The van der Waals surface area contributed by atoms with Gasteiger partial charge in [-0.1, -0.05) is 17.7 Å². The van der Waals surface area contributed by atoms with E-state index in [1.807, 2.05) is 25.1 Å². The van der Waals surface area contributed by atoms with E-state index in [-0.39, 0.29) is 10.9 Å². The highest BCUT2D eigenvalue weighted by atomic mass is 32.2. The van der Waals surface area contributed by atoms with Crippen LogP contribution in [0.25, 0.3) is 11.5 Å². The zero-order chi connectivity index (χ0) is 20.3. The van der Waals surface area contributed by atoms with Crippen molar-refractivity contribution in [2.24, 2.45) is 0 Å². The molecule has 2 aromatic rings. The molecule has 29 heavy (non-hydrogen) atoms. The number of hydrogen-bond donors (Lipinski definition) is 0. The fourth-order valence-electron chi connectivity index (χ4n) is 4.34. The monoisotopic (exact) mass is 409 g/mol. The lowest BCUT2D eigenvalue weighted by Gasteiger charge is -2.37. The predicted molar refractivity (Wildman–Crippen MR) is 110 cm³/mol. The van der Waals surface area contributed by atoms with Crippen LogP contribution in [0.15, 0.2) is 70.9 Å². The molecule has 0 amide bonds. The van der Waals surface area contributed by atoms with Crippen molar-refractivity contribution < 1.29 is 12.8 Å². The van der Waals surface area contributed by atoms with Crippen LogP contribution in [0.5, 0.6) is 0 Å². The normalized spacial score (nSPS) is 20.7. The van der Waals surface area contributed by atoms with Gasteiger partial charge in [0.25, 0.3) is 10.0 Å². The highest BCUT2D eigenvalue weighted by molar-refractivity contribution is 7.89. The van der Waals surface area contributed by atoms with E-state index in [9.17, 15) is 8.42 Å². The van der Waals surface area contributed by atoms with Crippen molar-refractivity contribution in [2.75, 3.05) is 13.6 Å². The highest BCUT2D eigenvalue weighted by Crippen LogP contribution is 2.46. The second-order valence-corrected chi connectivity index (χ2v) is 9.46. The van der Waals surface area contributed by atoms with Gasteiger partial charge < -0.3 is 4.90 Å². The lowest BCUT2D eigenvalue weighted by atomic mass is 9.93. The van der Waals surface area contributed by atoms with E-state index in [0.29, 0.717) is 35.5 Å². The number of aromatic nitrogens is 1. The predicted octanol–water partition coefficient (Wildman–Crippen LogP) is 3.72. The maximum Gasteiger partial charge on any atom is 0.264 e. The minimum absolute atomic E-state index is 0.00136. The highest BCUT2D eigenvalue weighted by Gasteiger charge is 2.43. The number of pyridine rings is 1. The summed E-state index contributed by atoms with van der Waals surface area (Å²) in [6.45, 7) is 2.22. The zero-order valence-corrected chi connectivity index (χ0v) is 16.9. The lowest BCUT2D eigenvalue weighted by molar-refractivity contribution is 0.338. The van der Waals surface area contributed by atoms with Crippen molar-refractivity contribution in [3.63, 3.8) is 0 Å². The van der Waals surface area contributed by atoms with Crippen LogP contribution in [-0.4, -0.2) is 42.2 Å². The standard InChI is InChI=1S/C22H20FN3O2S/c1-14-5-7-16(8-6-14)29(27,28)26-11-9-19-20-15(13-25(19)2)12-18(23)17-4-3-10-24-21(17)22(20)26/h3-8,10,12-13,19H,9,11H2,1-2H3. The van der Waals surface area contributed by atoms with E-state index in [1.54, 1.807) is 42.6 Å². The molecule has 1 aliphatic carbocycles. The molecule has 3 heterocycles. The average Bonchev–Trinajstić information content (AvgIpc) is 2.96. The Balaban J connectivity index is 1.77. The van der Waals surface area contributed by atoms with Gasteiger partial charge in [0.15, 0.2) is 0 Å². The molecule has 1 atom stereocenters. The quantitative estimate of drug-likeness (QED) is 0.759. The first kappa shape index (κ1) is 18.1. The third-order valence-corrected chi connectivity index (χ3v) is 7.58. The first-order valence-corrected chi connectivity index (χ1v) is 10.9. The summed E-state index contributed by atoms with van der Waals surface area (Å²) >= 11 is 0. The first-order valence-electron chi connectivity index (χ1n) is 9.48. The van der Waals surface area contributed by atoms with Crippen LogP contribution in [0.2, 0.25) is 0 Å². The van der Waals surface area contributed by atoms with Crippen molar-refractivity contribution in [1.82, 2.24) is 14.2 Å². The van der Waals surface area contributed by atoms with Gasteiger partial charge in [-0.25, -0.2) is 12.8 Å². The smallest absolute Gasteiger partial charge is 0.264 e. The number of benzene rings is 1. The van der Waals surface area contributed by atoms with E-state index in [4.69, 9.17) is 0 Å². The van der Waals surface area contributed by atoms with Gasteiger partial charge in [-0.05, 0) is 43.7 Å². The Hall–Kier alpha value is -2.93. The fraction of sp³-hybridized carbons (Fsp3) is 0.227. The molecule has 148 valence electrons. The maximum atomic E-state index is 15.0. The van der Waals surface area contributed by atoms with Crippen molar-refractivity contribution in [1.29, 1.82) is 0 Å². The Morgan fingerprint density at radius 1 is 1.17 bits per heavy atom. The fourth-order valence-corrected chi connectivity index (χ4v) is 5.85. The largest absolute Gasteiger partial charge is 0.373 e. The van der Waals surface area contributed by atoms with Crippen LogP contribution in [0.3, 0.4) is 0 Å². The Morgan fingerprint density at radius 2 is 1.93 bits per heavy atom. The lowest BCUT2D eigenvalue weighted by Crippen LogP contribution is -2.41. The van der Waals surface area contributed by atoms with Crippen LogP contribution in [-0.2, 0) is 10.0 Å². The average molecular weight is 409 g/mol. The van der Waals surface area contributed by atoms with Crippen LogP contribution in [0, 0.1) is 6.92 Å². The Labute approximate surface area is 169 Å². The van der Waals surface area contributed by atoms with E-state index in [2.05, 4.69) is 4.98 Å². The summed E-state index contributed by atoms with van der Waals surface area (Å²) < 4.78 is 43.6. The molecule has 1 aromatic carbocycles. The summed E-state index contributed by atoms with van der Waals surface area (Å²) in [5, 5.41) is 0. The molecule has 1 aromatic heterocycles. The third kappa shape index (κ3) is 2.64. The number of fused-ring (bicyclic) bond motifs is 2. The number of aryl methyl sites for hydroxylation is 1. The second kappa shape index (κ2) is 6.29. The van der Waals surface area contributed by atoms with Crippen LogP contribution < -0.4 is 0 Å². The molecule has 2 aliphatic heterocycles. The number of sulfonamides is 1. The van der Waals surface area contributed by atoms with E-state index < -0.39 is 15.9 Å². The number of nitrogens with zero attached hydrogens (tertiary/aromatic N) is 3. The number of rotatable bonds is 2. The zero-order valence-electron chi connectivity index (χ0n) is 16.1. The number of halogens is 1. The van der Waals surface area contributed by atoms with Gasteiger partial charge in [-0.3, -0.25) is 9.29 Å². The Kier molecular flexibility index (Phi) is 3.93. The van der Waals surface area contributed by atoms with Gasteiger partial charge in [-0.15, -0.1) is 0 Å². The maximum absolute atomic E-state index is 15.0. The van der Waals surface area contributed by atoms with Gasteiger partial charge in [-0.2, -0.15) is 0 Å².